The summed E-state index contributed by atoms with van der Waals surface area (Å²) in [5.74, 6) is -0.0582. The molecule has 0 bridgehead atoms. The van der Waals surface area contributed by atoms with Crippen molar-refractivity contribution >= 4 is 29.2 Å². The average molecular weight is 370 g/mol. The van der Waals surface area contributed by atoms with E-state index in [2.05, 4.69) is 21.3 Å². The first-order valence-electron chi connectivity index (χ1n) is 8.33. The van der Waals surface area contributed by atoms with E-state index in [1.165, 1.54) is 14.2 Å². The number of rotatable bonds is 7. The molecule has 0 aliphatic heterocycles. The van der Waals surface area contributed by atoms with Gasteiger partial charge in [0, 0.05) is 31.4 Å². The fourth-order valence-electron chi connectivity index (χ4n) is 2.27. The van der Waals surface area contributed by atoms with Crippen molar-refractivity contribution in [2.24, 2.45) is 0 Å². The second kappa shape index (κ2) is 9.81. The van der Waals surface area contributed by atoms with E-state index in [-0.39, 0.29) is 30.8 Å². The van der Waals surface area contributed by atoms with E-state index in [4.69, 9.17) is 4.74 Å². The van der Waals surface area contributed by atoms with Crippen LogP contribution in [0.1, 0.15) is 16.8 Å². The van der Waals surface area contributed by atoms with Crippen LogP contribution in [-0.4, -0.2) is 38.5 Å². The van der Waals surface area contributed by atoms with Gasteiger partial charge < -0.3 is 26.0 Å². The molecule has 0 fully saturated rings. The summed E-state index contributed by atoms with van der Waals surface area (Å²) in [5.41, 5.74) is 1.62. The van der Waals surface area contributed by atoms with Crippen molar-refractivity contribution in [2.45, 2.75) is 6.42 Å². The Hall–Kier alpha value is -3.55. The molecule has 0 heterocycles. The number of amides is 4. The van der Waals surface area contributed by atoms with Crippen molar-refractivity contribution in [3.05, 3.63) is 54.1 Å². The van der Waals surface area contributed by atoms with E-state index < -0.39 is 0 Å². The Morgan fingerprint density at radius 3 is 2.19 bits per heavy atom. The highest BCUT2D eigenvalue weighted by Gasteiger charge is 2.11. The first kappa shape index (κ1) is 19.8. The minimum atomic E-state index is -0.322. The third-order valence-corrected chi connectivity index (χ3v) is 3.64. The van der Waals surface area contributed by atoms with Crippen molar-refractivity contribution in [1.82, 2.24) is 10.6 Å². The molecule has 0 aliphatic carbocycles. The summed E-state index contributed by atoms with van der Waals surface area (Å²) in [6.45, 7) is 0.193. The lowest BCUT2D eigenvalue weighted by atomic mass is 10.2. The number of para-hydroxylation sites is 1. The molecule has 0 saturated heterocycles. The monoisotopic (exact) mass is 370 g/mol. The maximum atomic E-state index is 12.2. The molecule has 27 heavy (non-hydrogen) atoms. The molecule has 2 aromatic rings. The van der Waals surface area contributed by atoms with Crippen LogP contribution in [0.2, 0.25) is 0 Å². The number of nitrogens with one attached hydrogen (secondary N) is 4. The van der Waals surface area contributed by atoms with Gasteiger partial charge in [-0.3, -0.25) is 9.59 Å². The number of urea groups is 1. The SMILES string of the molecule is CNC(=O)Nc1ccc(NC(=O)CCNC(=O)c2ccccc2OC)cc1. The van der Waals surface area contributed by atoms with Crippen molar-refractivity contribution in [3.63, 3.8) is 0 Å². The molecule has 8 nitrogen and oxygen atoms in total. The van der Waals surface area contributed by atoms with Crippen molar-refractivity contribution < 1.29 is 19.1 Å². The Kier molecular flexibility index (Phi) is 7.18. The molecular formula is C19H22N4O4. The summed E-state index contributed by atoms with van der Waals surface area (Å²) in [6.07, 6.45) is 0.124. The van der Waals surface area contributed by atoms with E-state index in [1.54, 1.807) is 48.5 Å². The number of benzene rings is 2. The fraction of sp³-hybridized carbons (Fsp3) is 0.211. The van der Waals surface area contributed by atoms with Gasteiger partial charge in [-0.15, -0.1) is 0 Å². The molecule has 4 amide bonds. The van der Waals surface area contributed by atoms with Crippen molar-refractivity contribution in [1.29, 1.82) is 0 Å². The molecule has 0 spiro atoms. The van der Waals surface area contributed by atoms with E-state index in [0.717, 1.165) is 0 Å². The van der Waals surface area contributed by atoms with Gasteiger partial charge in [0.25, 0.3) is 5.91 Å². The molecule has 2 rings (SSSR count). The van der Waals surface area contributed by atoms with Gasteiger partial charge in [0.05, 0.1) is 12.7 Å². The van der Waals surface area contributed by atoms with E-state index in [9.17, 15) is 14.4 Å². The maximum Gasteiger partial charge on any atom is 0.318 e. The van der Waals surface area contributed by atoms with Crippen molar-refractivity contribution in [3.8, 4) is 5.75 Å². The highest BCUT2D eigenvalue weighted by molar-refractivity contribution is 5.97. The van der Waals surface area contributed by atoms with Gasteiger partial charge in [0.2, 0.25) is 5.91 Å². The predicted octanol–water partition coefficient (Wildman–Crippen LogP) is 2.21. The van der Waals surface area contributed by atoms with Crippen LogP contribution < -0.4 is 26.0 Å². The smallest absolute Gasteiger partial charge is 0.318 e. The number of carbonyl (C=O) groups excluding carboxylic acids is 3. The van der Waals surface area contributed by atoms with Crippen LogP contribution in [0.4, 0.5) is 16.2 Å². The summed E-state index contributed by atoms with van der Waals surface area (Å²) in [4.78, 5) is 35.4. The number of ether oxygens (including phenoxy) is 1. The summed E-state index contributed by atoms with van der Waals surface area (Å²) in [5, 5.41) is 10.5. The van der Waals surface area contributed by atoms with Gasteiger partial charge in [-0.2, -0.15) is 0 Å². The number of anilines is 2. The lowest BCUT2D eigenvalue weighted by molar-refractivity contribution is -0.116. The molecule has 0 atom stereocenters. The van der Waals surface area contributed by atoms with Crippen LogP contribution in [0.15, 0.2) is 48.5 Å². The summed E-state index contributed by atoms with van der Waals surface area (Å²) in [6, 6.07) is 13.3. The second-order valence-corrected chi connectivity index (χ2v) is 5.54. The minimum Gasteiger partial charge on any atom is -0.496 e. The Labute approximate surface area is 157 Å². The fourth-order valence-corrected chi connectivity index (χ4v) is 2.27. The Bertz CT molecular complexity index is 806. The van der Waals surface area contributed by atoms with Crippen LogP contribution in [0.3, 0.4) is 0 Å². The molecule has 8 heteroatoms. The van der Waals surface area contributed by atoms with Crippen LogP contribution in [0.5, 0.6) is 5.75 Å². The van der Waals surface area contributed by atoms with Crippen LogP contribution in [0.25, 0.3) is 0 Å². The first-order chi connectivity index (χ1) is 13.0. The van der Waals surface area contributed by atoms with Crippen molar-refractivity contribution in [2.75, 3.05) is 31.3 Å². The first-order valence-corrected chi connectivity index (χ1v) is 8.33. The van der Waals surface area contributed by atoms with Gasteiger partial charge >= 0.3 is 6.03 Å². The van der Waals surface area contributed by atoms with E-state index >= 15 is 0 Å². The molecule has 0 unspecified atom stereocenters. The molecule has 0 aromatic heterocycles. The third kappa shape index (κ3) is 6.03. The number of methoxy groups -OCH3 is 1. The summed E-state index contributed by atoms with van der Waals surface area (Å²) >= 11 is 0. The number of carbonyl (C=O) groups is 3. The average Bonchev–Trinajstić information content (AvgIpc) is 2.69. The Morgan fingerprint density at radius 1 is 0.926 bits per heavy atom. The predicted molar refractivity (Wildman–Crippen MR) is 103 cm³/mol. The molecule has 142 valence electrons. The second-order valence-electron chi connectivity index (χ2n) is 5.54. The van der Waals surface area contributed by atoms with Crippen LogP contribution >= 0.6 is 0 Å². The molecular weight excluding hydrogens is 348 g/mol. The molecule has 0 saturated carbocycles. The molecule has 0 aliphatic rings. The largest absolute Gasteiger partial charge is 0.496 e. The van der Waals surface area contributed by atoms with E-state index in [0.29, 0.717) is 22.7 Å². The summed E-state index contributed by atoms with van der Waals surface area (Å²) in [7, 11) is 3.02. The third-order valence-electron chi connectivity index (χ3n) is 3.64. The van der Waals surface area contributed by atoms with Crippen LogP contribution in [0, 0.1) is 0 Å². The van der Waals surface area contributed by atoms with Crippen LogP contribution in [-0.2, 0) is 4.79 Å². The zero-order valence-electron chi connectivity index (χ0n) is 15.2. The van der Waals surface area contributed by atoms with Gasteiger partial charge in [-0.25, -0.2) is 4.79 Å². The quantitative estimate of drug-likeness (QED) is 0.599. The summed E-state index contributed by atoms with van der Waals surface area (Å²) < 4.78 is 5.14. The molecule has 4 N–H and O–H groups in total. The minimum absolute atomic E-state index is 0.124. The molecule has 2 aromatic carbocycles. The standard InChI is InChI=1S/C19H22N4O4/c1-20-19(26)23-14-9-7-13(8-10-14)22-17(24)11-12-21-18(25)15-5-3-4-6-16(15)27-2/h3-10H,11-12H2,1-2H3,(H,21,25)(H,22,24)(H2,20,23,26). The van der Waals surface area contributed by atoms with Gasteiger partial charge in [0.1, 0.15) is 5.75 Å². The highest BCUT2D eigenvalue weighted by atomic mass is 16.5. The highest BCUT2D eigenvalue weighted by Crippen LogP contribution is 2.17. The van der Waals surface area contributed by atoms with Gasteiger partial charge in [-0.1, -0.05) is 12.1 Å². The number of hydrogen-bond donors (Lipinski definition) is 4. The zero-order chi connectivity index (χ0) is 19.6. The molecule has 0 radical (unpaired) electrons. The lowest BCUT2D eigenvalue weighted by Gasteiger charge is -2.10. The maximum absolute atomic E-state index is 12.2. The topological polar surface area (TPSA) is 109 Å². The lowest BCUT2D eigenvalue weighted by Crippen LogP contribution is -2.28. The van der Waals surface area contributed by atoms with E-state index in [1.807, 2.05) is 0 Å². The van der Waals surface area contributed by atoms with Gasteiger partial charge in [0.15, 0.2) is 0 Å². The normalized spacial score (nSPS) is 9.85. The zero-order valence-corrected chi connectivity index (χ0v) is 15.2. The van der Waals surface area contributed by atoms with Gasteiger partial charge in [-0.05, 0) is 36.4 Å². The Balaban J connectivity index is 1.79. The number of hydrogen-bond acceptors (Lipinski definition) is 4. The Morgan fingerprint density at radius 2 is 1.56 bits per heavy atom.